The van der Waals surface area contributed by atoms with Gasteiger partial charge >= 0.3 is 0 Å². The van der Waals surface area contributed by atoms with Crippen LogP contribution in [0.25, 0.3) is 0 Å². The molecule has 1 atom stereocenters. The maximum Gasteiger partial charge on any atom is 0.272 e. The molecule has 1 aromatic heterocycles. The molecule has 1 aliphatic rings. The average Bonchev–Trinajstić information content (AvgIpc) is 2.99. The summed E-state index contributed by atoms with van der Waals surface area (Å²) in [6.45, 7) is 2.62. The lowest BCUT2D eigenvalue weighted by atomic mass is 10.1. The molecule has 0 aliphatic carbocycles. The van der Waals surface area contributed by atoms with Gasteiger partial charge in [-0.05, 0) is 18.9 Å². The van der Waals surface area contributed by atoms with Gasteiger partial charge in [0, 0.05) is 25.7 Å². The van der Waals surface area contributed by atoms with Gasteiger partial charge in [-0.1, -0.05) is 29.8 Å². The highest BCUT2D eigenvalue weighted by Gasteiger charge is 2.33. The number of benzene rings is 1. The van der Waals surface area contributed by atoms with Crippen LogP contribution in [0.2, 0.25) is 0 Å². The van der Waals surface area contributed by atoms with Crippen LogP contribution >= 0.6 is 0 Å². The highest BCUT2D eigenvalue weighted by Crippen LogP contribution is 2.18. The molecule has 0 bridgehead atoms. The fourth-order valence-corrected chi connectivity index (χ4v) is 4.79. The smallest absolute Gasteiger partial charge is 0.272 e. The van der Waals surface area contributed by atoms with E-state index in [1.165, 1.54) is 16.8 Å². The van der Waals surface area contributed by atoms with Crippen molar-refractivity contribution >= 4 is 21.6 Å². The number of carbonyl (C=O) groups is 1. The number of nitrogens with zero attached hydrogens (tertiary/aromatic N) is 3. The van der Waals surface area contributed by atoms with Gasteiger partial charge in [0.05, 0.1) is 11.5 Å². The Hall–Kier alpha value is -2.48. The molecule has 7 nitrogen and oxygen atoms in total. The van der Waals surface area contributed by atoms with Crippen LogP contribution in [0, 0.1) is 6.92 Å². The van der Waals surface area contributed by atoms with Crippen molar-refractivity contribution in [3.8, 4) is 0 Å². The maximum absolute atomic E-state index is 12.6. The zero-order chi connectivity index (χ0) is 18.7. The molecule has 138 valence electrons. The summed E-state index contributed by atoms with van der Waals surface area (Å²) in [5.74, 6) is 0.395. The molecule has 8 heteroatoms. The Balaban J connectivity index is 1.67. The zero-order valence-electron chi connectivity index (χ0n) is 14.8. The maximum atomic E-state index is 12.6. The van der Waals surface area contributed by atoms with Crippen LogP contribution in [0.1, 0.15) is 28.0 Å². The highest BCUT2D eigenvalue weighted by molar-refractivity contribution is 7.91. The average molecular weight is 374 g/mol. The Morgan fingerprint density at radius 1 is 1.31 bits per heavy atom. The number of nitrogens with one attached hydrogen (secondary N) is 1. The van der Waals surface area contributed by atoms with Gasteiger partial charge < -0.3 is 10.2 Å². The number of hydrogen-bond acceptors (Lipinski definition) is 6. The minimum atomic E-state index is -3.05. The van der Waals surface area contributed by atoms with Gasteiger partial charge in [-0.3, -0.25) is 4.79 Å². The predicted molar refractivity (Wildman–Crippen MR) is 99.7 cm³/mol. The van der Waals surface area contributed by atoms with E-state index in [-0.39, 0.29) is 29.1 Å². The third-order valence-corrected chi connectivity index (χ3v) is 6.27. The Kier molecular flexibility index (Phi) is 5.22. The summed E-state index contributed by atoms with van der Waals surface area (Å²) in [7, 11) is -1.43. The summed E-state index contributed by atoms with van der Waals surface area (Å²) in [5.41, 5.74) is 2.54. The zero-order valence-corrected chi connectivity index (χ0v) is 15.7. The Morgan fingerprint density at radius 3 is 2.81 bits per heavy atom. The predicted octanol–water partition coefficient (Wildman–Crippen LogP) is 1.66. The van der Waals surface area contributed by atoms with Crippen molar-refractivity contribution in [1.29, 1.82) is 0 Å². The van der Waals surface area contributed by atoms with E-state index in [2.05, 4.69) is 21.4 Å². The molecule has 0 saturated carbocycles. The summed E-state index contributed by atoms with van der Waals surface area (Å²) in [5, 5.41) is 3.19. The quantitative estimate of drug-likeness (QED) is 0.856. The standard InChI is InChI=1S/C18H22N4O3S/c1-13-4-3-5-14(8-13)10-19-17-9-16(20-12-21-17)18(23)22(2)15-6-7-26(24,25)11-15/h3-5,8-9,12,15H,6-7,10-11H2,1-2H3,(H,19,20,21). The van der Waals surface area contributed by atoms with Gasteiger partial charge in [-0.15, -0.1) is 0 Å². The molecule has 1 saturated heterocycles. The van der Waals surface area contributed by atoms with Crippen molar-refractivity contribution in [3.05, 3.63) is 53.5 Å². The molecule has 1 amide bonds. The van der Waals surface area contributed by atoms with Crippen molar-refractivity contribution < 1.29 is 13.2 Å². The molecule has 1 fully saturated rings. The van der Waals surface area contributed by atoms with Crippen molar-refractivity contribution in [3.63, 3.8) is 0 Å². The molecule has 3 rings (SSSR count). The summed E-state index contributed by atoms with van der Waals surface area (Å²) in [6.07, 6.45) is 1.80. The van der Waals surface area contributed by atoms with E-state index in [4.69, 9.17) is 0 Å². The fourth-order valence-electron chi connectivity index (χ4n) is 3.01. The molecule has 2 aromatic rings. The lowest BCUT2D eigenvalue weighted by Gasteiger charge is -2.23. The number of anilines is 1. The highest BCUT2D eigenvalue weighted by atomic mass is 32.2. The van der Waals surface area contributed by atoms with E-state index in [0.29, 0.717) is 18.8 Å². The van der Waals surface area contributed by atoms with Crippen LogP contribution in [0.3, 0.4) is 0 Å². The summed E-state index contributed by atoms with van der Waals surface area (Å²) in [4.78, 5) is 22.3. The van der Waals surface area contributed by atoms with Crippen LogP contribution < -0.4 is 5.32 Å². The monoisotopic (exact) mass is 374 g/mol. The molecule has 1 aromatic carbocycles. The van der Waals surface area contributed by atoms with Crippen molar-refractivity contribution in [2.24, 2.45) is 0 Å². The van der Waals surface area contributed by atoms with E-state index in [9.17, 15) is 13.2 Å². The third-order valence-electron chi connectivity index (χ3n) is 4.52. The van der Waals surface area contributed by atoms with Gasteiger partial charge in [0.25, 0.3) is 5.91 Å². The first-order valence-corrected chi connectivity index (χ1v) is 10.3. The summed E-state index contributed by atoms with van der Waals surface area (Å²) in [6, 6.07) is 9.41. The molecule has 1 unspecified atom stereocenters. The van der Waals surface area contributed by atoms with Crippen LogP contribution in [0.15, 0.2) is 36.7 Å². The second kappa shape index (κ2) is 7.41. The summed E-state index contributed by atoms with van der Waals surface area (Å²) >= 11 is 0. The minimum absolute atomic E-state index is 0.0127. The summed E-state index contributed by atoms with van der Waals surface area (Å²) < 4.78 is 23.3. The number of hydrogen-bond donors (Lipinski definition) is 1. The van der Waals surface area contributed by atoms with Crippen LogP contribution in [0.4, 0.5) is 5.82 Å². The second-order valence-electron chi connectivity index (χ2n) is 6.60. The van der Waals surface area contributed by atoms with E-state index in [1.807, 2.05) is 25.1 Å². The largest absolute Gasteiger partial charge is 0.366 e. The molecule has 1 N–H and O–H groups in total. The van der Waals surface area contributed by atoms with E-state index in [0.717, 1.165) is 5.56 Å². The number of sulfone groups is 1. The van der Waals surface area contributed by atoms with Crippen molar-refractivity contribution in [2.45, 2.75) is 25.9 Å². The SMILES string of the molecule is Cc1cccc(CNc2cc(C(=O)N(C)C3CCS(=O)(=O)C3)ncn2)c1. The molecule has 0 spiro atoms. The number of rotatable bonds is 5. The Bertz CT molecular complexity index is 914. The van der Waals surface area contributed by atoms with Crippen molar-refractivity contribution in [2.75, 3.05) is 23.9 Å². The van der Waals surface area contributed by atoms with Gasteiger partial charge in [0.2, 0.25) is 0 Å². The molecular weight excluding hydrogens is 352 g/mol. The lowest BCUT2D eigenvalue weighted by molar-refractivity contribution is 0.0741. The number of aromatic nitrogens is 2. The van der Waals surface area contributed by atoms with E-state index >= 15 is 0 Å². The Labute approximate surface area is 153 Å². The van der Waals surface area contributed by atoms with E-state index in [1.54, 1.807) is 13.1 Å². The van der Waals surface area contributed by atoms with Gasteiger partial charge in [0.15, 0.2) is 9.84 Å². The third kappa shape index (κ3) is 4.37. The van der Waals surface area contributed by atoms with Crippen LogP contribution in [-0.2, 0) is 16.4 Å². The topological polar surface area (TPSA) is 92.3 Å². The molecule has 26 heavy (non-hydrogen) atoms. The van der Waals surface area contributed by atoms with Gasteiger partial charge in [-0.25, -0.2) is 18.4 Å². The fraction of sp³-hybridized carbons (Fsp3) is 0.389. The Morgan fingerprint density at radius 2 is 2.12 bits per heavy atom. The number of carbonyl (C=O) groups excluding carboxylic acids is 1. The molecule has 1 aliphatic heterocycles. The molecule has 0 radical (unpaired) electrons. The van der Waals surface area contributed by atoms with Gasteiger partial charge in [0.1, 0.15) is 17.8 Å². The van der Waals surface area contributed by atoms with E-state index < -0.39 is 9.84 Å². The first kappa shape index (κ1) is 18.3. The molecule has 2 heterocycles. The first-order valence-electron chi connectivity index (χ1n) is 8.43. The first-order chi connectivity index (χ1) is 12.3. The molecular formula is C18H22N4O3S. The van der Waals surface area contributed by atoms with Crippen LogP contribution in [0.5, 0.6) is 0 Å². The van der Waals surface area contributed by atoms with Gasteiger partial charge in [-0.2, -0.15) is 0 Å². The lowest BCUT2D eigenvalue weighted by Crippen LogP contribution is -2.38. The van der Waals surface area contributed by atoms with Crippen LogP contribution in [-0.4, -0.2) is 53.8 Å². The normalized spacial score (nSPS) is 18.5. The second-order valence-corrected chi connectivity index (χ2v) is 8.83. The minimum Gasteiger partial charge on any atom is -0.366 e. The number of aryl methyl sites for hydroxylation is 1. The van der Waals surface area contributed by atoms with Crippen molar-refractivity contribution in [1.82, 2.24) is 14.9 Å². The number of amides is 1.